The van der Waals surface area contributed by atoms with Crippen LogP contribution in [-0.4, -0.2) is 29.1 Å². The largest absolute Gasteiger partial charge is 0.462 e. The molecule has 1 heterocycles. The van der Waals surface area contributed by atoms with Crippen LogP contribution in [-0.2, 0) is 11.3 Å². The second-order valence-electron chi connectivity index (χ2n) is 6.15. The molecule has 3 aromatic rings. The third-order valence-corrected chi connectivity index (χ3v) is 4.26. The zero-order valence-corrected chi connectivity index (χ0v) is 16.1. The molecule has 0 aliphatic rings. The van der Waals surface area contributed by atoms with Crippen molar-refractivity contribution in [3.05, 3.63) is 78.1 Å². The molecule has 0 saturated heterocycles. The molecule has 0 unspecified atom stereocenters. The molecule has 0 amide bonds. The highest BCUT2D eigenvalue weighted by molar-refractivity contribution is 5.96. The molecule has 1 aromatic heterocycles. The van der Waals surface area contributed by atoms with Gasteiger partial charge in [0.25, 0.3) is 0 Å². The fourth-order valence-corrected chi connectivity index (χ4v) is 2.86. The van der Waals surface area contributed by atoms with Gasteiger partial charge >= 0.3 is 5.97 Å². The Balaban J connectivity index is 1.81. The lowest BCUT2D eigenvalue weighted by atomic mass is 10.2. The van der Waals surface area contributed by atoms with Crippen LogP contribution in [0.1, 0.15) is 29.8 Å². The van der Waals surface area contributed by atoms with Crippen molar-refractivity contribution in [1.82, 2.24) is 9.97 Å². The Hall–Kier alpha value is -3.41. The third-order valence-electron chi connectivity index (χ3n) is 4.26. The SMILES string of the molecule is CCOC(=O)c1ccccc1Nc1cc(N(CC)Cc2ccccc2)ncn1. The van der Waals surface area contributed by atoms with Crippen molar-refractivity contribution in [2.24, 2.45) is 0 Å². The number of benzene rings is 2. The summed E-state index contributed by atoms with van der Waals surface area (Å²) >= 11 is 0. The van der Waals surface area contributed by atoms with Crippen LogP contribution in [0.3, 0.4) is 0 Å². The van der Waals surface area contributed by atoms with E-state index < -0.39 is 0 Å². The lowest BCUT2D eigenvalue weighted by Gasteiger charge is -2.22. The fourth-order valence-electron chi connectivity index (χ4n) is 2.86. The third kappa shape index (κ3) is 4.85. The second kappa shape index (κ2) is 9.50. The number of hydrogen-bond donors (Lipinski definition) is 1. The number of nitrogens with one attached hydrogen (secondary N) is 1. The van der Waals surface area contributed by atoms with Gasteiger partial charge in [0.1, 0.15) is 18.0 Å². The molecule has 0 radical (unpaired) electrons. The first-order valence-corrected chi connectivity index (χ1v) is 9.35. The molecule has 0 aliphatic carbocycles. The standard InChI is InChI=1S/C22H24N4O2/c1-3-26(15-17-10-6-5-7-11-17)21-14-20(23-16-24-21)25-19-13-9-8-12-18(19)22(27)28-4-2/h5-14,16H,3-4,15H2,1-2H3,(H,23,24,25). The lowest BCUT2D eigenvalue weighted by Crippen LogP contribution is -2.23. The molecule has 0 spiro atoms. The normalized spacial score (nSPS) is 10.4. The van der Waals surface area contributed by atoms with Gasteiger partial charge < -0.3 is 15.0 Å². The van der Waals surface area contributed by atoms with Crippen LogP contribution >= 0.6 is 0 Å². The second-order valence-corrected chi connectivity index (χ2v) is 6.15. The molecular weight excluding hydrogens is 352 g/mol. The number of carbonyl (C=O) groups excluding carboxylic acids is 1. The average molecular weight is 376 g/mol. The Morgan fingerprint density at radius 2 is 1.79 bits per heavy atom. The van der Waals surface area contributed by atoms with Crippen LogP contribution in [0, 0.1) is 0 Å². The van der Waals surface area contributed by atoms with Gasteiger partial charge in [-0.05, 0) is 31.5 Å². The maximum atomic E-state index is 12.2. The summed E-state index contributed by atoms with van der Waals surface area (Å²) in [6, 6.07) is 19.4. The highest BCUT2D eigenvalue weighted by atomic mass is 16.5. The predicted octanol–water partition coefficient (Wildman–Crippen LogP) is 4.42. The minimum Gasteiger partial charge on any atom is -0.462 e. The topological polar surface area (TPSA) is 67.3 Å². The van der Waals surface area contributed by atoms with E-state index in [0.29, 0.717) is 23.7 Å². The minimum atomic E-state index is -0.362. The highest BCUT2D eigenvalue weighted by Crippen LogP contribution is 2.23. The van der Waals surface area contributed by atoms with Crippen molar-refractivity contribution in [3.8, 4) is 0 Å². The fraction of sp³-hybridized carbons (Fsp3) is 0.227. The summed E-state index contributed by atoms with van der Waals surface area (Å²) < 4.78 is 5.13. The molecule has 0 bridgehead atoms. The smallest absolute Gasteiger partial charge is 0.340 e. The summed E-state index contributed by atoms with van der Waals surface area (Å²) in [5.74, 6) is 1.07. The molecule has 0 atom stereocenters. The molecule has 0 aliphatic heterocycles. The van der Waals surface area contributed by atoms with Crippen molar-refractivity contribution < 1.29 is 9.53 Å². The zero-order chi connectivity index (χ0) is 19.8. The molecule has 0 fully saturated rings. The van der Waals surface area contributed by atoms with Gasteiger partial charge in [-0.2, -0.15) is 0 Å². The summed E-state index contributed by atoms with van der Waals surface area (Å²) in [6.07, 6.45) is 1.53. The first-order valence-electron chi connectivity index (χ1n) is 9.35. The Morgan fingerprint density at radius 3 is 2.54 bits per heavy atom. The molecule has 0 saturated carbocycles. The molecule has 3 rings (SSSR count). The first-order chi connectivity index (χ1) is 13.7. The molecule has 2 aromatic carbocycles. The summed E-state index contributed by atoms with van der Waals surface area (Å²) in [7, 11) is 0. The van der Waals surface area contributed by atoms with Crippen LogP contribution in [0.25, 0.3) is 0 Å². The number of rotatable bonds is 8. The number of anilines is 3. The highest BCUT2D eigenvalue weighted by Gasteiger charge is 2.13. The van der Waals surface area contributed by atoms with E-state index in [1.807, 2.05) is 42.5 Å². The summed E-state index contributed by atoms with van der Waals surface area (Å²) in [6.45, 7) is 5.78. The quantitative estimate of drug-likeness (QED) is 0.587. The van der Waals surface area contributed by atoms with Gasteiger partial charge in [-0.1, -0.05) is 42.5 Å². The van der Waals surface area contributed by atoms with Gasteiger partial charge in [-0.3, -0.25) is 0 Å². The molecule has 6 heteroatoms. The van der Waals surface area contributed by atoms with Crippen LogP contribution in [0.4, 0.5) is 17.3 Å². The van der Waals surface area contributed by atoms with E-state index in [-0.39, 0.29) is 5.97 Å². The van der Waals surface area contributed by atoms with Gasteiger partial charge in [0.05, 0.1) is 17.9 Å². The van der Waals surface area contributed by atoms with Crippen LogP contribution < -0.4 is 10.2 Å². The van der Waals surface area contributed by atoms with Gasteiger partial charge in [0.2, 0.25) is 0 Å². The number of esters is 1. The van der Waals surface area contributed by atoms with E-state index in [1.165, 1.54) is 11.9 Å². The molecule has 1 N–H and O–H groups in total. The monoisotopic (exact) mass is 376 g/mol. The van der Waals surface area contributed by atoms with Gasteiger partial charge in [-0.25, -0.2) is 14.8 Å². The van der Waals surface area contributed by atoms with Crippen molar-refractivity contribution in [1.29, 1.82) is 0 Å². The summed E-state index contributed by atoms with van der Waals surface area (Å²) in [5.41, 5.74) is 2.34. The van der Waals surface area contributed by atoms with Gasteiger partial charge in [0, 0.05) is 19.2 Å². The Morgan fingerprint density at radius 1 is 1.04 bits per heavy atom. The van der Waals surface area contributed by atoms with Crippen molar-refractivity contribution in [2.75, 3.05) is 23.4 Å². The Kier molecular flexibility index (Phi) is 6.57. The minimum absolute atomic E-state index is 0.329. The number of ether oxygens (including phenoxy) is 1. The maximum Gasteiger partial charge on any atom is 0.340 e. The number of carbonyl (C=O) groups is 1. The summed E-state index contributed by atoms with van der Waals surface area (Å²) in [4.78, 5) is 23.1. The lowest BCUT2D eigenvalue weighted by molar-refractivity contribution is 0.0527. The van der Waals surface area contributed by atoms with Crippen molar-refractivity contribution in [2.45, 2.75) is 20.4 Å². The Bertz CT molecular complexity index is 915. The average Bonchev–Trinajstić information content (AvgIpc) is 2.73. The van der Waals surface area contributed by atoms with E-state index in [1.54, 1.807) is 13.0 Å². The number of nitrogens with zero attached hydrogens (tertiary/aromatic N) is 3. The molecule has 28 heavy (non-hydrogen) atoms. The summed E-state index contributed by atoms with van der Waals surface area (Å²) in [5, 5.41) is 3.22. The maximum absolute atomic E-state index is 12.2. The molecular formula is C22H24N4O2. The van der Waals surface area contributed by atoms with Crippen molar-refractivity contribution >= 4 is 23.3 Å². The zero-order valence-electron chi connectivity index (χ0n) is 16.1. The molecule has 6 nitrogen and oxygen atoms in total. The molecule has 144 valence electrons. The number of hydrogen-bond acceptors (Lipinski definition) is 6. The Labute approximate surface area is 165 Å². The van der Waals surface area contributed by atoms with E-state index in [9.17, 15) is 4.79 Å². The first kappa shape index (κ1) is 19.4. The van der Waals surface area contributed by atoms with Crippen LogP contribution in [0.2, 0.25) is 0 Å². The predicted molar refractivity (Wildman–Crippen MR) is 111 cm³/mol. The number of para-hydroxylation sites is 1. The van der Waals surface area contributed by atoms with E-state index in [4.69, 9.17) is 4.74 Å². The van der Waals surface area contributed by atoms with Crippen LogP contribution in [0.15, 0.2) is 67.0 Å². The van der Waals surface area contributed by atoms with Crippen molar-refractivity contribution in [3.63, 3.8) is 0 Å². The van der Waals surface area contributed by atoms with Gasteiger partial charge in [0.15, 0.2) is 0 Å². The number of aromatic nitrogens is 2. The van der Waals surface area contributed by atoms with Gasteiger partial charge in [-0.15, -0.1) is 0 Å². The van der Waals surface area contributed by atoms with E-state index >= 15 is 0 Å². The van der Waals surface area contributed by atoms with E-state index in [0.717, 1.165) is 18.9 Å². The van der Waals surface area contributed by atoms with Crippen LogP contribution in [0.5, 0.6) is 0 Å². The van der Waals surface area contributed by atoms with E-state index in [2.05, 4.69) is 39.2 Å².